The molecule has 0 unspecified atom stereocenters. The number of urea groups is 2. The Balaban J connectivity index is 3.60. The predicted molar refractivity (Wildman–Crippen MR) is 38.1 cm³/mol. The molecule has 0 aromatic rings. The number of azo groups is 1. The first-order chi connectivity index (χ1) is 5.16. The third-order valence-electron chi connectivity index (χ3n) is 0.766. The van der Waals surface area contributed by atoms with Crippen LogP contribution in [0.25, 0.3) is 0 Å². The maximum absolute atomic E-state index is 10.5. The van der Waals surface area contributed by atoms with Crippen molar-refractivity contribution in [2.24, 2.45) is 16.0 Å². The van der Waals surface area contributed by atoms with E-state index < -0.39 is 12.1 Å². The van der Waals surface area contributed by atoms with Gasteiger partial charge in [-0.2, -0.15) is 0 Å². The molecule has 0 aliphatic carbocycles. The van der Waals surface area contributed by atoms with Crippen LogP contribution >= 0.6 is 0 Å². The van der Waals surface area contributed by atoms with Crippen LogP contribution in [-0.4, -0.2) is 18.6 Å². The molecule has 6 heteroatoms. The second-order valence-electron chi connectivity index (χ2n) is 1.77. The van der Waals surface area contributed by atoms with Crippen LogP contribution in [0.4, 0.5) is 9.59 Å². The van der Waals surface area contributed by atoms with Crippen molar-refractivity contribution in [3.05, 3.63) is 0 Å². The molecule has 3 N–H and O–H groups in total. The second-order valence-corrected chi connectivity index (χ2v) is 1.77. The van der Waals surface area contributed by atoms with Crippen LogP contribution in [0.3, 0.4) is 0 Å². The highest BCUT2D eigenvalue weighted by Crippen LogP contribution is 1.79. The van der Waals surface area contributed by atoms with Gasteiger partial charge in [0.1, 0.15) is 0 Å². The average molecular weight is 158 g/mol. The first-order valence-electron chi connectivity index (χ1n) is 3.15. The van der Waals surface area contributed by atoms with Gasteiger partial charge in [0.05, 0.1) is 0 Å². The van der Waals surface area contributed by atoms with Gasteiger partial charge in [0.2, 0.25) is 0 Å². The molecule has 0 aromatic heterocycles. The summed E-state index contributed by atoms with van der Waals surface area (Å²) in [6.07, 6.45) is 0.803. The Labute approximate surface area is 63.9 Å². The summed E-state index contributed by atoms with van der Waals surface area (Å²) >= 11 is 0. The zero-order valence-corrected chi connectivity index (χ0v) is 6.20. The van der Waals surface area contributed by atoms with Gasteiger partial charge in [-0.1, -0.05) is 17.2 Å². The summed E-state index contributed by atoms with van der Waals surface area (Å²) in [6, 6.07) is -1.62. The van der Waals surface area contributed by atoms with Crippen LogP contribution in [0, 0.1) is 0 Å². The Hall–Kier alpha value is -1.46. The average Bonchev–Trinajstić information content (AvgIpc) is 1.97. The zero-order valence-electron chi connectivity index (χ0n) is 6.20. The van der Waals surface area contributed by atoms with Crippen molar-refractivity contribution in [1.82, 2.24) is 5.32 Å². The van der Waals surface area contributed by atoms with E-state index in [1.54, 1.807) is 0 Å². The number of amides is 4. The normalized spacial score (nSPS) is 9.91. The van der Waals surface area contributed by atoms with Gasteiger partial charge >= 0.3 is 12.1 Å². The smallest absolute Gasteiger partial charge is 0.348 e. The summed E-state index contributed by atoms with van der Waals surface area (Å²) in [6.45, 7) is 2.40. The van der Waals surface area contributed by atoms with Gasteiger partial charge in [0.25, 0.3) is 0 Å². The van der Waals surface area contributed by atoms with Gasteiger partial charge in [-0.3, -0.25) is 0 Å². The van der Waals surface area contributed by atoms with Crippen LogP contribution in [0.2, 0.25) is 0 Å². The Bertz CT molecular complexity index is 177. The van der Waals surface area contributed by atoms with Gasteiger partial charge in [0, 0.05) is 6.54 Å². The third-order valence-corrected chi connectivity index (χ3v) is 0.766. The molecule has 0 saturated heterocycles. The molecule has 0 aliphatic heterocycles. The summed E-state index contributed by atoms with van der Waals surface area (Å²) < 4.78 is 0. The fourth-order valence-corrected chi connectivity index (χ4v) is 0.362. The minimum atomic E-state index is -0.975. The van der Waals surface area contributed by atoms with E-state index in [9.17, 15) is 9.59 Å². The van der Waals surface area contributed by atoms with Crippen molar-refractivity contribution in [3.8, 4) is 0 Å². The maximum Gasteiger partial charge on any atom is 0.359 e. The number of rotatable bonds is 2. The minimum Gasteiger partial charge on any atom is -0.348 e. The highest BCUT2D eigenvalue weighted by atomic mass is 16.2. The standard InChI is InChI=1S/C5H10N4O2/c1-2-3-7-5(11)9-8-4(6)10/h2-3H2,1H3,(H2,6,10)(H,7,11). The lowest BCUT2D eigenvalue weighted by Gasteiger charge is -1.93. The number of nitrogens with one attached hydrogen (secondary N) is 1. The molecule has 62 valence electrons. The Morgan fingerprint density at radius 2 is 2.09 bits per heavy atom. The summed E-state index contributed by atoms with van der Waals surface area (Å²) in [5, 5.41) is 8.17. The van der Waals surface area contributed by atoms with Crippen LogP contribution in [-0.2, 0) is 0 Å². The number of hydrogen-bond donors (Lipinski definition) is 2. The Morgan fingerprint density at radius 3 is 2.55 bits per heavy atom. The first kappa shape index (κ1) is 9.54. The van der Waals surface area contributed by atoms with Crippen LogP contribution in [0.1, 0.15) is 13.3 Å². The fourth-order valence-electron chi connectivity index (χ4n) is 0.362. The molecule has 0 heterocycles. The molecule has 0 radical (unpaired) electrons. The lowest BCUT2D eigenvalue weighted by atomic mass is 10.5. The lowest BCUT2D eigenvalue weighted by Crippen LogP contribution is -2.20. The molecule has 0 aliphatic rings. The van der Waals surface area contributed by atoms with E-state index in [4.69, 9.17) is 0 Å². The minimum absolute atomic E-state index is 0.511. The molecule has 4 amide bonds. The van der Waals surface area contributed by atoms with E-state index in [2.05, 4.69) is 21.3 Å². The lowest BCUT2D eigenvalue weighted by molar-refractivity contribution is 0.244. The highest BCUT2D eigenvalue weighted by molar-refractivity contribution is 5.78. The van der Waals surface area contributed by atoms with Gasteiger partial charge in [-0.05, 0) is 6.42 Å². The summed E-state index contributed by atoms with van der Waals surface area (Å²) in [4.78, 5) is 20.5. The molecular formula is C5H10N4O2. The molecule has 0 fully saturated rings. The number of carbonyl (C=O) groups excluding carboxylic acids is 2. The molecule has 0 rings (SSSR count). The Morgan fingerprint density at radius 1 is 1.45 bits per heavy atom. The van der Waals surface area contributed by atoms with Gasteiger partial charge < -0.3 is 11.1 Å². The summed E-state index contributed by atoms with van der Waals surface area (Å²) in [5.74, 6) is 0. The molecule has 0 atom stereocenters. The largest absolute Gasteiger partial charge is 0.359 e. The van der Waals surface area contributed by atoms with E-state index in [1.165, 1.54) is 0 Å². The zero-order chi connectivity index (χ0) is 8.69. The van der Waals surface area contributed by atoms with Gasteiger partial charge in [0.15, 0.2) is 0 Å². The molecule has 0 saturated carbocycles. The van der Waals surface area contributed by atoms with E-state index in [-0.39, 0.29) is 0 Å². The molecule has 6 nitrogen and oxygen atoms in total. The number of hydrogen-bond acceptors (Lipinski definition) is 2. The van der Waals surface area contributed by atoms with Crippen molar-refractivity contribution >= 4 is 12.1 Å². The van der Waals surface area contributed by atoms with E-state index >= 15 is 0 Å². The van der Waals surface area contributed by atoms with Gasteiger partial charge in [-0.25, -0.2) is 9.59 Å². The SMILES string of the molecule is CCCNC(=O)N=NC(N)=O. The van der Waals surface area contributed by atoms with Crippen molar-refractivity contribution in [3.63, 3.8) is 0 Å². The molecule has 0 bridgehead atoms. The quantitative estimate of drug-likeness (QED) is 0.576. The van der Waals surface area contributed by atoms with Crippen molar-refractivity contribution < 1.29 is 9.59 Å². The van der Waals surface area contributed by atoms with Crippen molar-refractivity contribution in [1.29, 1.82) is 0 Å². The topological polar surface area (TPSA) is 96.9 Å². The number of nitrogens with two attached hydrogens (primary N) is 1. The van der Waals surface area contributed by atoms with Crippen LogP contribution < -0.4 is 11.1 Å². The number of carbonyl (C=O) groups is 2. The molecular weight excluding hydrogens is 148 g/mol. The predicted octanol–water partition coefficient (Wildman–Crippen LogP) is 0.637. The van der Waals surface area contributed by atoms with Crippen LogP contribution in [0.5, 0.6) is 0 Å². The summed E-state index contributed by atoms with van der Waals surface area (Å²) in [7, 11) is 0. The molecule has 11 heavy (non-hydrogen) atoms. The van der Waals surface area contributed by atoms with Crippen LogP contribution in [0.15, 0.2) is 10.2 Å². The molecule has 0 spiro atoms. The Kier molecular flexibility index (Phi) is 4.63. The van der Waals surface area contributed by atoms with Gasteiger partial charge in [-0.15, -0.1) is 0 Å². The number of primary amides is 1. The maximum atomic E-state index is 10.5. The van der Waals surface area contributed by atoms with E-state index in [1.807, 2.05) is 6.92 Å². The van der Waals surface area contributed by atoms with E-state index in [0.717, 1.165) is 6.42 Å². The summed E-state index contributed by atoms with van der Waals surface area (Å²) in [5.41, 5.74) is 4.59. The second kappa shape index (κ2) is 5.33. The van der Waals surface area contributed by atoms with Crippen molar-refractivity contribution in [2.75, 3.05) is 6.54 Å². The highest BCUT2D eigenvalue weighted by Gasteiger charge is 1.95. The third kappa shape index (κ3) is 6.42. The fraction of sp³-hybridized carbons (Fsp3) is 0.600. The first-order valence-corrected chi connectivity index (χ1v) is 3.15. The molecule has 0 aromatic carbocycles. The van der Waals surface area contributed by atoms with E-state index in [0.29, 0.717) is 6.54 Å². The van der Waals surface area contributed by atoms with Crippen molar-refractivity contribution in [2.45, 2.75) is 13.3 Å². The monoisotopic (exact) mass is 158 g/mol. The number of nitrogens with zero attached hydrogens (tertiary/aromatic N) is 2.